The number of ether oxygens (including phenoxy) is 1. The summed E-state index contributed by atoms with van der Waals surface area (Å²) < 4.78 is 9.43. The molecule has 13 heavy (non-hydrogen) atoms. The molecule has 0 aliphatic heterocycles. The predicted octanol–water partition coefficient (Wildman–Crippen LogP) is 0.0258. The van der Waals surface area contributed by atoms with E-state index in [9.17, 15) is 4.79 Å². The van der Waals surface area contributed by atoms with Crippen LogP contribution in [0.3, 0.4) is 0 Å². The average Bonchev–Trinajstić information content (AvgIpc) is 2.49. The van der Waals surface area contributed by atoms with E-state index in [1.54, 1.807) is 6.92 Å². The summed E-state index contributed by atoms with van der Waals surface area (Å²) >= 11 is 0. The third-order valence-electron chi connectivity index (χ3n) is 1.60. The van der Waals surface area contributed by atoms with Gasteiger partial charge in [-0.05, 0) is 0 Å². The zero-order valence-electron chi connectivity index (χ0n) is 7.61. The largest absolute Gasteiger partial charge is 0.468 e. The van der Waals surface area contributed by atoms with Crippen LogP contribution in [0.2, 0.25) is 0 Å². The molecule has 0 aromatic carbocycles. The minimum Gasteiger partial charge on any atom is -0.468 e. The molecule has 1 aromatic rings. The third-order valence-corrected chi connectivity index (χ3v) is 1.60. The monoisotopic (exact) mass is 184 g/mol. The topological polar surface area (TPSA) is 78.4 Å². The number of nitrogens with zero attached hydrogens (tertiary/aromatic N) is 1. The van der Waals surface area contributed by atoms with Crippen LogP contribution in [0, 0.1) is 6.92 Å². The lowest BCUT2D eigenvalue weighted by Crippen LogP contribution is -2.33. The molecule has 5 nitrogen and oxygen atoms in total. The molecule has 1 heterocycles. The highest BCUT2D eigenvalue weighted by Gasteiger charge is 2.15. The Hall–Kier alpha value is -1.36. The molecule has 2 N–H and O–H groups in total. The van der Waals surface area contributed by atoms with Crippen LogP contribution in [0.4, 0.5) is 0 Å². The van der Waals surface area contributed by atoms with E-state index >= 15 is 0 Å². The Morgan fingerprint density at radius 3 is 3.00 bits per heavy atom. The van der Waals surface area contributed by atoms with Crippen molar-refractivity contribution < 1.29 is 13.9 Å². The third kappa shape index (κ3) is 2.55. The Morgan fingerprint density at radius 1 is 1.85 bits per heavy atom. The fraction of sp³-hybridized carbons (Fsp3) is 0.500. The Bertz CT molecular complexity index is 295. The zero-order chi connectivity index (χ0) is 9.84. The van der Waals surface area contributed by atoms with Crippen molar-refractivity contribution in [3.8, 4) is 0 Å². The number of rotatable bonds is 3. The zero-order valence-corrected chi connectivity index (χ0v) is 7.61. The molecule has 1 rings (SSSR count). The SMILES string of the molecule is COC(=O)[C@@H](N)Cc1coc(C)n1. The van der Waals surface area contributed by atoms with Gasteiger partial charge in [-0.25, -0.2) is 4.98 Å². The van der Waals surface area contributed by atoms with Crippen LogP contribution >= 0.6 is 0 Å². The van der Waals surface area contributed by atoms with Crippen molar-refractivity contribution in [2.24, 2.45) is 5.73 Å². The van der Waals surface area contributed by atoms with E-state index in [2.05, 4.69) is 9.72 Å². The highest BCUT2D eigenvalue weighted by atomic mass is 16.5. The number of esters is 1. The first-order chi connectivity index (χ1) is 6.13. The molecule has 1 atom stereocenters. The van der Waals surface area contributed by atoms with Crippen molar-refractivity contribution in [2.45, 2.75) is 19.4 Å². The highest BCUT2D eigenvalue weighted by Crippen LogP contribution is 2.03. The van der Waals surface area contributed by atoms with Gasteiger partial charge in [0.15, 0.2) is 5.89 Å². The van der Waals surface area contributed by atoms with E-state index in [1.807, 2.05) is 0 Å². The fourth-order valence-electron chi connectivity index (χ4n) is 0.962. The normalized spacial score (nSPS) is 12.5. The van der Waals surface area contributed by atoms with Gasteiger partial charge in [0, 0.05) is 13.3 Å². The molecular weight excluding hydrogens is 172 g/mol. The molecular formula is C8H12N2O3. The van der Waals surface area contributed by atoms with Crippen LogP contribution in [0.5, 0.6) is 0 Å². The van der Waals surface area contributed by atoms with Crippen molar-refractivity contribution in [3.05, 3.63) is 17.8 Å². The summed E-state index contributed by atoms with van der Waals surface area (Å²) in [5, 5.41) is 0. The van der Waals surface area contributed by atoms with Crippen LogP contribution in [-0.4, -0.2) is 24.1 Å². The minimum absolute atomic E-state index is 0.337. The summed E-state index contributed by atoms with van der Waals surface area (Å²) in [6.07, 6.45) is 1.82. The van der Waals surface area contributed by atoms with E-state index in [1.165, 1.54) is 13.4 Å². The lowest BCUT2D eigenvalue weighted by atomic mass is 10.2. The molecule has 0 radical (unpaired) electrons. The number of aryl methyl sites for hydroxylation is 1. The van der Waals surface area contributed by atoms with Gasteiger partial charge in [-0.15, -0.1) is 0 Å². The molecule has 1 aromatic heterocycles. The van der Waals surface area contributed by atoms with Crippen LogP contribution in [0.25, 0.3) is 0 Å². The molecule has 0 saturated heterocycles. The Labute approximate surface area is 75.9 Å². The van der Waals surface area contributed by atoms with Crippen LogP contribution in [0.15, 0.2) is 10.7 Å². The van der Waals surface area contributed by atoms with Crippen molar-refractivity contribution >= 4 is 5.97 Å². The summed E-state index contributed by atoms with van der Waals surface area (Å²) in [5.74, 6) is 0.118. The number of nitrogens with two attached hydrogens (primary N) is 1. The quantitative estimate of drug-likeness (QED) is 0.670. The number of hydrogen-bond donors (Lipinski definition) is 1. The number of hydrogen-bond acceptors (Lipinski definition) is 5. The lowest BCUT2D eigenvalue weighted by Gasteiger charge is -2.05. The Balaban J connectivity index is 2.54. The predicted molar refractivity (Wildman–Crippen MR) is 44.9 cm³/mol. The average molecular weight is 184 g/mol. The number of oxazole rings is 1. The van der Waals surface area contributed by atoms with E-state index in [4.69, 9.17) is 10.2 Å². The first kappa shape index (κ1) is 9.73. The lowest BCUT2D eigenvalue weighted by molar-refractivity contribution is -0.142. The molecule has 0 fully saturated rings. The van der Waals surface area contributed by atoms with Gasteiger partial charge >= 0.3 is 5.97 Å². The molecule has 0 saturated carbocycles. The number of methoxy groups -OCH3 is 1. The van der Waals surface area contributed by atoms with Crippen molar-refractivity contribution in [3.63, 3.8) is 0 Å². The maximum Gasteiger partial charge on any atom is 0.323 e. The second kappa shape index (κ2) is 4.04. The van der Waals surface area contributed by atoms with E-state index in [-0.39, 0.29) is 0 Å². The first-order valence-corrected chi connectivity index (χ1v) is 3.88. The van der Waals surface area contributed by atoms with Gasteiger partial charge in [-0.3, -0.25) is 4.79 Å². The van der Waals surface area contributed by atoms with Crippen LogP contribution in [-0.2, 0) is 16.0 Å². The first-order valence-electron chi connectivity index (χ1n) is 3.88. The Kier molecular flexibility index (Phi) is 3.02. The maximum atomic E-state index is 10.9. The van der Waals surface area contributed by atoms with Crippen molar-refractivity contribution in [1.82, 2.24) is 4.98 Å². The summed E-state index contributed by atoms with van der Waals surface area (Å²) in [6.45, 7) is 1.73. The fourth-order valence-corrected chi connectivity index (χ4v) is 0.962. The summed E-state index contributed by atoms with van der Waals surface area (Å²) in [5.41, 5.74) is 6.18. The molecule has 0 amide bonds. The maximum absolute atomic E-state index is 10.9. The van der Waals surface area contributed by atoms with Gasteiger partial charge in [0.25, 0.3) is 0 Å². The second-order valence-corrected chi connectivity index (χ2v) is 2.69. The van der Waals surface area contributed by atoms with E-state index in [0.717, 1.165) is 0 Å². The van der Waals surface area contributed by atoms with Crippen molar-refractivity contribution in [2.75, 3.05) is 7.11 Å². The van der Waals surface area contributed by atoms with Crippen LogP contribution < -0.4 is 5.73 Å². The van der Waals surface area contributed by atoms with E-state index < -0.39 is 12.0 Å². The van der Waals surface area contributed by atoms with Crippen LogP contribution in [0.1, 0.15) is 11.6 Å². The second-order valence-electron chi connectivity index (χ2n) is 2.69. The standard InChI is InChI=1S/C8H12N2O3/c1-5-10-6(4-13-5)3-7(9)8(11)12-2/h4,7H,3,9H2,1-2H3/t7-/m0/s1. The van der Waals surface area contributed by atoms with Gasteiger partial charge in [-0.2, -0.15) is 0 Å². The smallest absolute Gasteiger partial charge is 0.323 e. The van der Waals surface area contributed by atoms with Gasteiger partial charge in [0.1, 0.15) is 12.3 Å². The molecule has 0 bridgehead atoms. The Morgan fingerprint density at radius 2 is 2.54 bits per heavy atom. The number of carbonyl (C=O) groups is 1. The highest BCUT2D eigenvalue weighted by molar-refractivity contribution is 5.75. The number of aromatic nitrogens is 1. The summed E-state index contributed by atoms with van der Waals surface area (Å²) in [7, 11) is 1.30. The molecule has 0 unspecified atom stereocenters. The summed E-state index contributed by atoms with van der Waals surface area (Å²) in [6, 6.07) is -0.672. The minimum atomic E-state index is -0.672. The van der Waals surface area contributed by atoms with Gasteiger partial charge < -0.3 is 14.9 Å². The molecule has 0 spiro atoms. The van der Waals surface area contributed by atoms with Gasteiger partial charge in [-0.1, -0.05) is 0 Å². The number of carbonyl (C=O) groups excluding carboxylic acids is 1. The molecule has 0 aliphatic carbocycles. The van der Waals surface area contributed by atoms with E-state index in [0.29, 0.717) is 18.0 Å². The van der Waals surface area contributed by atoms with Gasteiger partial charge in [0.05, 0.1) is 12.8 Å². The molecule has 72 valence electrons. The summed E-state index contributed by atoms with van der Waals surface area (Å²) in [4.78, 5) is 14.9. The van der Waals surface area contributed by atoms with Crippen molar-refractivity contribution in [1.29, 1.82) is 0 Å². The van der Waals surface area contributed by atoms with Gasteiger partial charge in [0.2, 0.25) is 0 Å². The molecule has 0 aliphatic rings. The molecule has 5 heteroatoms.